The van der Waals surface area contributed by atoms with Crippen LogP contribution in [0.4, 0.5) is 5.00 Å². The average molecular weight is 426 g/mol. The summed E-state index contributed by atoms with van der Waals surface area (Å²) in [7, 11) is 0. The second kappa shape index (κ2) is 9.41. The van der Waals surface area contributed by atoms with E-state index in [9.17, 15) is 14.4 Å². The Morgan fingerprint density at radius 3 is 2.47 bits per heavy atom. The molecular formula is C22H22N2O5S. The smallest absolute Gasteiger partial charge is 0.349 e. The van der Waals surface area contributed by atoms with Crippen LogP contribution in [0.1, 0.15) is 51.2 Å². The Morgan fingerprint density at radius 2 is 1.80 bits per heavy atom. The number of benzene rings is 1. The van der Waals surface area contributed by atoms with Gasteiger partial charge in [-0.3, -0.25) is 9.59 Å². The molecule has 0 fully saturated rings. The van der Waals surface area contributed by atoms with E-state index in [1.165, 1.54) is 13.2 Å². The number of amides is 2. The fraction of sp³-hybridized carbons (Fsp3) is 0.227. The molecule has 156 valence electrons. The van der Waals surface area contributed by atoms with E-state index < -0.39 is 18.0 Å². The molecule has 1 aromatic carbocycles. The van der Waals surface area contributed by atoms with Crippen molar-refractivity contribution < 1.29 is 23.5 Å². The summed E-state index contributed by atoms with van der Waals surface area (Å²) in [6.07, 6.45) is 0.439. The van der Waals surface area contributed by atoms with Crippen molar-refractivity contribution in [2.75, 3.05) is 5.32 Å². The molecular weight excluding hydrogens is 404 g/mol. The highest BCUT2D eigenvalue weighted by molar-refractivity contribution is 7.18. The van der Waals surface area contributed by atoms with Gasteiger partial charge in [-0.15, -0.1) is 11.3 Å². The fourth-order valence-electron chi connectivity index (χ4n) is 2.75. The van der Waals surface area contributed by atoms with Gasteiger partial charge >= 0.3 is 5.97 Å². The number of hydrogen-bond donors (Lipinski definition) is 2. The first kappa shape index (κ1) is 21.3. The van der Waals surface area contributed by atoms with Crippen molar-refractivity contribution in [3.05, 3.63) is 76.6 Å². The Labute approximate surface area is 178 Å². The molecule has 2 amide bonds. The van der Waals surface area contributed by atoms with Gasteiger partial charge < -0.3 is 19.8 Å². The number of rotatable bonds is 7. The third-order valence-electron chi connectivity index (χ3n) is 4.40. The predicted molar refractivity (Wildman–Crippen MR) is 114 cm³/mol. The SMILES string of the molecule is Cc1cc(NC(=O)c2ccco2)sc1C(=O)OC(C)C(=O)NC(C)c1ccccc1. The van der Waals surface area contributed by atoms with Crippen LogP contribution in [0.2, 0.25) is 0 Å². The molecule has 3 rings (SSSR count). The minimum absolute atomic E-state index is 0.169. The van der Waals surface area contributed by atoms with Crippen molar-refractivity contribution in [2.24, 2.45) is 0 Å². The van der Waals surface area contributed by atoms with Gasteiger partial charge in [-0.1, -0.05) is 30.3 Å². The van der Waals surface area contributed by atoms with Crippen molar-refractivity contribution in [2.45, 2.75) is 32.9 Å². The van der Waals surface area contributed by atoms with E-state index in [0.29, 0.717) is 15.4 Å². The summed E-state index contributed by atoms with van der Waals surface area (Å²) in [4.78, 5) is 37.4. The number of ether oxygens (including phenoxy) is 1. The topological polar surface area (TPSA) is 97.6 Å². The van der Waals surface area contributed by atoms with Crippen LogP contribution < -0.4 is 10.6 Å². The maximum absolute atomic E-state index is 12.5. The highest BCUT2D eigenvalue weighted by Gasteiger charge is 2.23. The first-order valence-corrected chi connectivity index (χ1v) is 10.2. The van der Waals surface area contributed by atoms with E-state index >= 15 is 0 Å². The van der Waals surface area contributed by atoms with E-state index in [-0.39, 0.29) is 17.7 Å². The number of hydrogen-bond acceptors (Lipinski definition) is 6. The monoisotopic (exact) mass is 426 g/mol. The number of esters is 1. The standard InChI is InChI=1S/C22H22N2O5S/c1-13-12-18(24-21(26)17-10-7-11-28-17)30-19(13)22(27)29-15(3)20(25)23-14(2)16-8-5-4-6-9-16/h4-12,14-15H,1-3H3,(H,23,25)(H,24,26). The van der Waals surface area contributed by atoms with E-state index in [1.54, 1.807) is 25.1 Å². The van der Waals surface area contributed by atoms with E-state index in [4.69, 9.17) is 9.15 Å². The molecule has 3 aromatic rings. The molecule has 0 aliphatic rings. The summed E-state index contributed by atoms with van der Waals surface area (Å²) >= 11 is 1.08. The molecule has 7 nitrogen and oxygen atoms in total. The third-order valence-corrected chi connectivity index (χ3v) is 5.53. The molecule has 0 bridgehead atoms. The molecule has 0 aliphatic heterocycles. The minimum Gasteiger partial charge on any atom is -0.459 e. The van der Waals surface area contributed by atoms with Gasteiger partial charge in [0.05, 0.1) is 17.3 Å². The Morgan fingerprint density at radius 1 is 1.07 bits per heavy atom. The van der Waals surface area contributed by atoms with Crippen molar-refractivity contribution in [1.29, 1.82) is 0 Å². The Kier molecular flexibility index (Phi) is 6.68. The van der Waals surface area contributed by atoms with E-state index in [1.807, 2.05) is 37.3 Å². The van der Waals surface area contributed by atoms with Crippen molar-refractivity contribution >= 4 is 34.1 Å². The highest BCUT2D eigenvalue weighted by Crippen LogP contribution is 2.28. The summed E-state index contributed by atoms with van der Waals surface area (Å²) in [5.41, 5.74) is 1.60. The molecule has 0 aliphatic carbocycles. The first-order valence-electron chi connectivity index (χ1n) is 9.36. The van der Waals surface area contributed by atoms with Crippen molar-refractivity contribution in [1.82, 2.24) is 5.32 Å². The van der Waals surface area contributed by atoms with Crippen molar-refractivity contribution in [3.63, 3.8) is 0 Å². The Balaban J connectivity index is 1.59. The average Bonchev–Trinajstić information content (AvgIpc) is 3.38. The van der Waals surface area contributed by atoms with E-state index in [0.717, 1.165) is 16.9 Å². The minimum atomic E-state index is -0.966. The Hall–Kier alpha value is -3.39. The summed E-state index contributed by atoms with van der Waals surface area (Å²) in [5, 5.41) is 6.00. The zero-order valence-corrected chi connectivity index (χ0v) is 17.6. The molecule has 0 spiro atoms. The number of carbonyl (C=O) groups is 3. The maximum atomic E-state index is 12.5. The maximum Gasteiger partial charge on any atom is 0.349 e. The van der Waals surface area contributed by atoms with Gasteiger partial charge in [0.15, 0.2) is 11.9 Å². The summed E-state index contributed by atoms with van der Waals surface area (Å²) in [5.74, 6) is -1.25. The molecule has 2 unspecified atom stereocenters. The van der Waals surface area contributed by atoms with Crippen molar-refractivity contribution in [3.8, 4) is 0 Å². The van der Waals surface area contributed by atoms with Gasteiger partial charge in [0.1, 0.15) is 4.88 Å². The molecule has 2 N–H and O–H groups in total. The second-order valence-electron chi connectivity index (χ2n) is 6.74. The molecule has 0 saturated carbocycles. The normalized spacial score (nSPS) is 12.6. The van der Waals surface area contributed by atoms with Gasteiger partial charge in [-0.25, -0.2) is 4.79 Å². The molecule has 8 heteroatoms. The van der Waals surface area contributed by atoms with Crippen LogP contribution in [-0.4, -0.2) is 23.9 Å². The van der Waals surface area contributed by atoms with Crippen LogP contribution in [0, 0.1) is 6.92 Å². The highest BCUT2D eigenvalue weighted by atomic mass is 32.1. The molecule has 0 radical (unpaired) electrons. The van der Waals surface area contributed by atoms with Gasteiger partial charge in [-0.05, 0) is 50.1 Å². The van der Waals surface area contributed by atoms with Crippen LogP contribution in [-0.2, 0) is 9.53 Å². The number of aryl methyl sites for hydroxylation is 1. The van der Waals surface area contributed by atoms with E-state index in [2.05, 4.69) is 10.6 Å². The molecule has 2 atom stereocenters. The summed E-state index contributed by atoms with van der Waals surface area (Å²) < 4.78 is 10.4. The number of nitrogens with one attached hydrogen (secondary N) is 2. The Bertz CT molecular complexity index is 1030. The molecule has 2 heterocycles. The van der Waals surface area contributed by atoms with Crippen LogP contribution in [0.25, 0.3) is 0 Å². The zero-order chi connectivity index (χ0) is 21.7. The van der Waals surface area contributed by atoms with Gasteiger partial charge in [0.2, 0.25) is 0 Å². The number of anilines is 1. The largest absolute Gasteiger partial charge is 0.459 e. The lowest BCUT2D eigenvalue weighted by molar-refractivity contribution is -0.129. The van der Waals surface area contributed by atoms with Crippen LogP contribution in [0.15, 0.2) is 59.2 Å². The first-order chi connectivity index (χ1) is 14.3. The molecule has 2 aromatic heterocycles. The number of thiophene rings is 1. The third kappa shape index (κ3) is 5.15. The summed E-state index contributed by atoms with van der Waals surface area (Å²) in [6.45, 7) is 5.12. The lowest BCUT2D eigenvalue weighted by Gasteiger charge is -2.18. The van der Waals surface area contributed by atoms with Crippen LogP contribution in [0.3, 0.4) is 0 Å². The van der Waals surface area contributed by atoms with Crippen LogP contribution in [0.5, 0.6) is 0 Å². The zero-order valence-electron chi connectivity index (χ0n) is 16.8. The predicted octanol–water partition coefficient (Wildman–Crippen LogP) is 4.32. The lowest BCUT2D eigenvalue weighted by Crippen LogP contribution is -2.37. The van der Waals surface area contributed by atoms with Gasteiger partial charge in [0, 0.05) is 0 Å². The van der Waals surface area contributed by atoms with Gasteiger partial charge in [0.25, 0.3) is 11.8 Å². The second-order valence-corrected chi connectivity index (χ2v) is 7.79. The lowest BCUT2D eigenvalue weighted by atomic mass is 10.1. The fourth-order valence-corrected chi connectivity index (χ4v) is 3.70. The summed E-state index contributed by atoms with van der Waals surface area (Å²) in [6, 6.07) is 14.1. The van der Waals surface area contributed by atoms with Crippen LogP contribution >= 0.6 is 11.3 Å². The molecule has 30 heavy (non-hydrogen) atoms. The quantitative estimate of drug-likeness (QED) is 0.548. The molecule has 0 saturated heterocycles. The number of carbonyl (C=O) groups excluding carboxylic acids is 3. The van der Waals surface area contributed by atoms with Gasteiger partial charge in [-0.2, -0.15) is 0 Å². The number of furan rings is 1.